The fourth-order valence-corrected chi connectivity index (χ4v) is 4.73. The van der Waals surface area contributed by atoms with Crippen LogP contribution >= 0.6 is 28.3 Å². The Morgan fingerprint density at radius 1 is 1.17 bits per heavy atom. The maximum atomic E-state index is 12.7. The number of nitrogens with two attached hydrogens (primary N) is 1. The van der Waals surface area contributed by atoms with Gasteiger partial charge in [0.05, 0.1) is 0 Å². The molecule has 0 spiro atoms. The highest BCUT2D eigenvalue weighted by molar-refractivity contribution is 9.10. The van der Waals surface area contributed by atoms with Gasteiger partial charge in [-0.3, -0.25) is 4.98 Å². The molecule has 0 aliphatic carbocycles. The summed E-state index contributed by atoms with van der Waals surface area (Å²) in [7, 11) is -3.57. The van der Waals surface area contributed by atoms with Crippen LogP contribution in [0, 0.1) is 0 Å². The van der Waals surface area contributed by atoms with Gasteiger partial charge in [-0.05, 0) is 27.6 Å². The lowest BCUT2D eigenvalue weighted by atomic mass is 9.95. The summed E-state index contributed by atoms with van der Waals surface area (Å²) >= 11 is 3.25. The van der Waals surface area contributed by atoms with Crippen LogP contribution in [0.25, 0.3) is 0 Å². The SMILES string of the molecule is Cl.N[C@@H]1CN(S(=O)(=O)c2cncc(Br)c2)C[C@H]1c1ccccc1. The molecule has 1 fully saturated rings. The Labute approximate surface area is 150 Å². The highest BCUT2D eigenvalue weighted by Crippen LogP contribution is 2.30. The number of hydrogen-bond donors (Lipinski definition) is 1. The number of hydrogen-bond acceptors (Lipinski definition) is 4. The minimum absolute atomic E-state index is 0. The van der Waals surface area contributed by atoms with E-state index in [4.69, 9.17) is 5.73 Å². The molecule has 0 saturated carbocycles. The highest BCUT2D eigenvalue weighted by Gasteiger charge is 2.38. The van der Waals surface area contributed by atoms with Crippen LogP contribution in [0.15, 0.2) is 58.2 Å². The lowest BCUT2D eigenvalue weighted by Gasteiger charge is -2.16. The van der Waals surface area contributed by atoms with Crippen LogP contribution in [-0.2, 0) is 10.0 Å². The second kappa shape index (κ2) is 7.27. The van der Waals surface area contributed by atoms with E-state index in [2.05, 4.69) is 20.9 Å². The molecule has 23 heavy (non-hydrogen) atoms. The summed E-state index contributed by atoms with van der Waals surface area (Å²) in [5.74, 6) is 0.0103. The van der Waals surface area contributed by atoms with Crippen molar-refractivity contribution < 1.29 is 8.42 Å². The van der Waals surface area contributed by atoms with E-state index in [0.717, 1.165) is 5.56 Å². The molecule has 5 nitrogen and oxygen atoms in total. The zero-order chi connectivity index (χ0) is 15.7. The van der Waals surface area contributed by atoms with Crippen LogP contribution < -0.4 is 5.73 Å². The van der Waals surface area contributed by atoms with E-state index in [0.29, 0.717) is 17.6 Å². The zero-order valence-corrected chi connectivity index (χ0v) is 15.4. The van der Waals surface area contributed by atoms with Crippen molar-refractivity contribution in [2.24, 2.45) is 5.73 Å². The molecule has 0 bridgehead atoms. The molecule has 8 heteroatoms. The van der Waals surface area contributed by atoms with E-state index >= 15 is 0 Å². The van der Waals surface area contributed by atoms with Gasteiger partial charge < -0.3 is 5.73 Å². The first-order valence-corrected chi connectivity index (χ1v) is 9.13. The second-order valence-electron chi connectivity index (χ2n) is 5.34. The van der Waals surface area contributed by atoms with Crippen LogP contribution in [-0.4, -0.2) is 36.8 Å². The van der Waals surface area contributed by atoms with Crippen LogP contribution in [0.1, 0.15) is 11.5 Å². The van der Waals surface area contributed by atoms with Crippen LogP contribution in [0.4, 0.5) is 0 Å². The quantitative estimate of drug-likeness (QED) is 0.830. The van der Waals surface area contributed by atoms with E-state index in [1.165, 1.54) is 10.5 Å². The van der Waals surface area contributed by atoms with Crippen molar-refractivity contribution in [2.75, 3.05) is 13.1 Å². The largest absolute Gasteiger partial charge is 0.326 e. The van der Waals surface area contributed by atoms with Gasteiger partial charge in [0.2, 0.25) is 10.0 Å². The lowest BCUT2D eigenvalue weighted by molar-refractivity contribution is 0.470. The van der Waals surface area contributed by atoms with Crippen molar-refractivity contribution in [3.05, 3.63) is 58.8 Å². The van der Waals surface area contributed by atoms with Crippen molar-refractivity contribution in [3.8, 4) is 0 Å². The third kappa shape index (κ3) is 3.75. The summed E-state index contributed by atoms with van der Waals surface area (Å²) in [6, 6.07) is 11.1. The summed E-state index contributed by atoms with van der Waals surface area (Å²) in [4.78, 5) is 4.12. The zero-order valence-electron chi connectivity index (χ0n) is 12.2. The second-order valence-corrected chi connectivity index (χ2v) is 8.20. The molecule has 2 atom stereocenters. The Kier molecular flexibility index (Phi) is 5.80. The van der Waals surface area contributed by atoms with Gasteiger partial charge in [0.25, 0.3) is 0 Å². The molecular weight excluding hydrogens is 402 g/mol. The summed E-state index contributed by atoms with van der Waals surface area (Å²) in [6.45, 7) is 0.703. The molecule has 2 N–H and O–H groups in total. The minimum Gasteiger partial charge on any atom is -0.326 e. The van der Waals surface area contributed by atoms with Gasteiger partial charge in [-0.2, -0.15) is 4.31 Å². The number of nitrogens with zero attached hydrogens (tertiary/aromatic N) is 2. The van der Waals surface area contributed by atoms with Crippen LogP contribution in [0.5, 0.6) is 0 Å². The normalized spacial score (nSPS) is 21.8. The van der Waals surface area contributed by atoms with Crippen LogP contribution in [0.2, 0.25) is 0 Å². The molecule has 2 heterocycles. The number of rotatable bonds is 3. The third-order valence-electron chi connectivity index (χ3n) is 3.88. The Bertz CT molecular complexity index is 773. The van der Waals surface area contributed by atoms with E-state index < -0.39 is 10.0 Å². The maximum Gasteiger partial charge on any atom is 0.244 e. The number of pyridine rings is 1. The first kappa shape index (κ1) is 18.4. The van der Waals surface area contributed by atoms with Crippen molar-refractivity contribution >= 4 is 38.4 Å². The Morgan fingerprint density at radius 3 is 2.52 bits per heavy atom. The number of halogens is 2. The topological polar surface area (TPSA) is 76.3 Å². The standard InChI is InChI=1S/C15H16BrN3O2S.ClH/c16-12-6-13(8-18-7-12)22(20,21)19-9-14(15(17)10-19)11-4-2-1-3-5-11;/h1-8,14-15H,9-10,17H2;1H/t14-,15+;/m0./s1. The Hall–Kier alpha value is -0.990. The molecule has 3 rings (SSSR count). The summed E-state index contributed by atoms with van der Waals surface area (Å²) in [5, 5.41) is 0. The van der Waals surface area contributed by atoms with E-state index in [1.807, 2.05) is 30.3 Å². The fraction of sp³-hybridized carbons (Fsp3) is 0.267. The van der Waals surface area contributed by atoms with Gasteiger partial charge in [0.1, 0.15) is 4.90 Å². The summed E-state index contributed by atoms with van der Waals surface area (Å²) in [5.41, 5.74) is 7.24. The van der Waals surface area contributed by atoms with Crippen LogP contribution in [0.3, 0.4) is 0 Å². The van der Waals surface area contributed by atoms with E-state index in [1.54, 1.807) is 12.3 Å². The van der Waals surface area contributed by atoms with Gasteiger partial charge in [0, 0.05) is 41.9 Å². The molecule has 0 unspecified atom stereocenters. The predicted molar refractivity (Wildman–Crippen MR) is 95.1 cm³/mol. The average Bonchev–Trinajstić information content (AvgIpc) is 2.91. The van der Waals surface area contributed by atoms with Crippen molar-refractivity contribution in [2.45, 2.75) is 16.9 Å². The molecule has 1 saturated heterocycles. The Morgan fingerprint density at radius 2 is 1.87 bits per heavy atom. The highest BCUT2D eigenvalue weighted by atomic mass is 79.9. The Balaban J connectivity index is 0.00000192. The van der Waals surface area contributed by atoms with Gasteiger partial charge in [-0.15, -0.1) is 12.4 Å². The summed E-state index contributed by atoms with van der Waals surface area (Å²) < 4.78 is 27.5. The number of sulfonamides is 1. The lowest BCUT2D eigenvalue weighted by Crippen LogP contribution is -2.32. The maximum absolute atomic E-state index is 12.7. The van der Waals surface area contributed by atoms with Gasteiger partial charge in [-0.25, -0.2) is 8.42 Å². The number of aromatic nitrogens is 1. The fourth-order valence-electron chi connectivity index (χ4n) is 2.72. The molecule has 124 valence electrons. The molecule has 1 aromatic heterocycles. The first-order valence-electron chi connectivity index (χ1n) is 6.90. The first-order chi connectivity index (χ1) is 10.5. The molecule has 1 aromatic carbocycles. The summed E-state index contributed by atoms with van der Waals surface area (Å²) in [6.07, 6.45) is 2.92. The van der Waals surface area contributed by atoms with Gasteiger partial charge in [-0.1, -0.05) is 30.3 Å². The molecule has 1 aliphatic rings. The molecule has 2 aromatic rings. The average molecular weight is 419 g/mol. The van der Waals surface area contributed by atoms with Gasteiger partial charge in [0.15, 0.2) is 0 Å². The van der Waals surface area contributed by atoms with Crippen molar-refractivity contribution in [1.29, 1.82) is 0 Å². The predicted octanol–water partition coefficient (Wildman–Crippen LogP) is 2.38. The van der Waals surface area contributed by atoms with E-state index in [-0.39, 0.29) is 29.3 Å². The van der Waals surface area contributed by atoms with Crippen molar-refractivity contribution in [1.82, 2.24) is 9.29 Å². The molecular formula is C15H17BrClN3O2S. The van der Waals surface area contributed by atoms with Gasteiger partial charge >= 0.3 is 0 Å². The van der Waals surface area contributed by atoms with Crippen molar-refractivity contribution in [3.63, 3.8) is 0 Å². The third-order valence-corrected chi connectivity index (χ3v) is 6.11. The molecule has 1 aliphatic heterocycles. The van der Waals surface area contributed by atoms with E-state index in [9.17, 15) is 8.42 Å². The number of benzene rings is 1. The minimum atomic E-state index is -3.57. The monoisotopic (exact) mass is 417 g/mol. The molecule has 0 radical (unpaired) electrons. The molecule has 0 amide bonds. The smallest absolute Gasteiger partial charge is 0.244 e.